The summed E-state index contributed by atoms with van der Waals surface area (Å²) >= 11 is -0.0455. The van der Waals surface area contributed by atoms with Gasteiger partial charge < -0.3 is 40.3 Å². The number of ether oxygens (including phenoxy) is 1. The zero-order chi connectivity index (χ0) is 24.1. The molecule has 1 fully saturated rings. The maximum atomic E-state index is 12.0. The molecule has 0 saturated carbocycles. The van der Waals surface area contributed by atoms with Crippen LogP contribution in [0.1, 0.15) is 6.23 Å². The Kier molecular flexibility index (Phi) is 7.07. The van der Waals surface area contributed by atoms with Gasteiger partial charge in [-0.1, -0.05) is 0 Å². The highest BCUT2D eigenvalue weighted by Crippen LogP contribution is 2.70. The Labute approximate surface area is 180 Å². The van der Waals surface area contributed by atoms with Gasteiger partial charge in [0.05, 0.1) is 12.4 Å². The molecule has 2 aromatic rings. The summed E-state index contributed by atoms with van der Waals surface area (Å²) in [5.74, 6) is -0.852. The minimum absolute atomic E-state index is 0.0455. The number of H-pyrrole nitrogens is 1. The molecule has 32 heavy (non-hydrogen) atoms. The third-order valence-electron chi connectivity index (χ3n) is 3.88. The Hall–Kier alpha value is -1.17. The minimum Gasteiger partial charge on any atom is -0.387 e. The van der Waals surface area contributed by atoms with E-state index in [1.807, 2.05) is 0 Å². The number of fused-ring (bicyclic) bond motifs is 1. The molecule has 4 unspecified atom stereocenters. The standard InChI is InChI=1S/C10H16N5O13P3S/c11-10-13-7-4(8(18)14-10)12-2-15(7)9-6(17)5(16)3(26-9)1-32-31(24,25)28-30(22,23)27-29(19,20)21/h2-3,5-6,9,16-17H,1H2,(H,22,23)(H,24,25)(H2,19,20,21)(H3,11,13,14,18)/t3-,5?,6?,9-/m1/s1. The van der Waals surface area contributed by atoms with E-state index in [0.717, 1.165) is 10.9 Å². The monoisotopic (exact) mass is 539 g/mol. The Morgan fingerprint density at radius 1 is 1.19 bits per heavy atom. The number of imidazole rings is 1. The van der Waals surface area contributed by atoms with Gasteiger partial charge in [0.25, 0.3) is 5.56 Å². The number of phosphoric acid groups is 2. The molecular formula is C10H16N5O13P3S. The number of aromatic nitrogens is 4. The zero-order valence-electron chi connectivity index (χ0n) is 15.3. The highest BCUT2D eigenvalue weighted by atomic mass is 32.7. The normalized spacial score (nSPS) is 27.9. The maximum Gasteiger partial charge on any atom is 0.488 e. The molecule has 3 heterocycles. The van der Waals surface area contributed by atoms with Crippen LogP contribution in [0.4, 0.5) is 5.95 Å². The van der Waals surface area contributed by atoms with Gasteiger partial charge in [0.1, 0.15) is 12.2 Å². The Morgan fingerprint density at radius 3 is 2.47 bits per heavy atom. The van der Waals surface area contributed by atoms with Crippen LogP contribution in [-0.4, -0.2) is 73.4 Å². The van der Waals surface area contributed by atoms with E-state index in [9.17, 15) is 38.5 Å². The van der Waals surface area contributed by atoms with Gasteiger partial charge in [0.2, 0.25) is 5.95 Å². The summed E-state index contributed by atoms with van der Waals surface area (Å²) in [5, 5.41) is 20.5. The van der Waals surface area contributed by atoms with E-state index in [1.165, 1.54) is 0 Å². The quantitative estimate of drug-likeness (QED) is 0.175. The molecule has 0 amide bonds. The molecule has 6 atom stereocenters. The van der Waals surface area contributed by atoms with Crippen LogP contribution in [0.3, 0.4) is 0 Å². The van der Waals surface area contributed by atoms with Gasteiger partial charge in [0, 0.05) is 5.75 Å². The number of nitrogens with zero attached hydrogens (tertiary/aromatic N) is 3. The van der Waals surface area contributed by atoms with Crippen LogP contribution in [0.25, 0.3) is 11.2 Å². The first-order valence-electron chi connectivity index (χ1n) is 8.11. The van der Waals surface area contributed by atoms with Crippen LogP contribution in [0.15, 0.2) is 11.1 Å². The van der Waals surface area contributed by atoms with Crippen molar-refractivity contribution in [1.82, 2.24) is 19.5 Å². The summed E-state index contributed by atoms with van der Waals surface area (Å²) < 4.78 is 47.9. The highest BCUT2D eigenvalue weighted by molar-refractivity contribution is 8.55. The fourth-order valence-electron chi connectivity index (χ4n) is 2.70. The molecule has 0 radical (unpaired) electrons. The van der Waals surface area contributed by atoms with Crippen molar-refractivity contribution in [3.63, 3.8) is 0 Å². The van der Waals surface area contributed by atoms with Crippen molar-refractivity contribution in [3.05, 3.63) is 16.7 Å². The number of nitrogen functional groups attached to an aromatic ring is 1. The molecule has 18 nitrogen and oxygen atoms in total. The molecule has 1 saturated heterocycles. The van der Waals surface area contributed by atoms with E-state index < -0.39 is 58.3 Å². The number of aromatic amines is 1. The summed E-state index contributed by atoms with van der Waals surface area (Å²) in [5.41, 5.74) is 4.60. The van der Waals surface area contributed by atoms with Gasteiger partial charge in [-0.3, -0.25) is 14.3 Å². The first-order chi connectivity index (χ1) is 14.6. The summed E-state index contributed by atoms with van der Waals surface area (Å²) in [6, 6.07) is 0. The van der Waals surface area contributed by atoms with Crippen LogP contribution < -0.4 is 11.3 Å². The van der Waals surface area contributed by atoms with E-state index in [2.05, 4.69) is 23.6 Å². The van der Waals surface area contributed by atoms with Crippen molar-refractivity contribution in [2.75, 3.05) is 11.5 Å². The summed E-state index contributed by atoms with van der Waals surface area (Å²) in [4.78, 5) is 57.7. The number of anilines is 1. The van der Waals surface area contributed by atoms with Crippen LogP contribution in [0, 0.1) is 0 Å². The molecule has 3 rings (SSSR count). The third kappa shape index (κ3) is 5.84. The van der Waals surface area contributed by atoms with Crippen molar-refractivity contribution in [2.45, 2.75) is 24.5 Å². The molecule has 22 heteroatoms. The smallest absolute Gasteiger partial charge is 0.387 e. The van der Waals surface area contributed by atoms with E-state index in [1.54, 1.807) is 0 Å². The average molecular weight is 539 g/mol. The lowest BCUT2D eigenvalue weighted by molar-refractivity contribution is -0.0288. The van der Waals surface area contributed by atoms with Crippen molar-refractivity contribution in [1.29, 1.82) is 0 Å². The molecule has 0 spiro atoms. The number of hydrogen-bond acceptors (Lipinski definition) is 13. The fourth-order valence-corrected chi connectivity index (χ4v) is 8.19. The second-order valence-electron chi connectivity index (χ2n) is 6.21. The fraction of sp³-hybridized carbons (Fsp3) is 0.500. The number of nitrogens with one attached hydrogen (secondary N) is 1. The third-order valence-corrected chi connectivity index (χ3v) is 10.0. The number of nitrogens with two attached hydrogens (primary N) is 1. The van der Waals surface area contributed by atoms with Crippen LogP contribution in [0.2, 0.25) is 0 Å². The first kappa shape index (κ1) is 25.5. The van der Waals surface area contributed by atoms with E-state index >= 15 is 0 Å². The lowest BCUT2D eigenvalue weighted by Crippen LogP contribution is -2.32. The number of aliphatic hydroxyl groups excluding tert-OH is 2. The predicted octanol–water partition coefficient (Wildman–Crippen LogP) is -1.62. The second-order valence-corrected chi connectivity index (χ2v) is 13.1. The number of aliphatic hydroxyl groups is 2. The summed E-state index contributed by atoms with van der Waals surface area (Å²) in [6.07, 6.45) is -4.88. The summed E-state index contributed by atoms with van der Waals surface area (Å²) in [6.45, 7) is -5.06. The number of rotatable bonds is 8. The van der Waals surface area contributed by atoms with Gasteiger partial charge >= 0.3 is 22.4 Å². The van der Waals surface area contributed by atoms with Gasteiger partial charge in [-0.25, -0.2) is 18.7 Å². The molecule has 9 N–H and O–H groups in total. The first-order valence-corrected chi connectivity index (χ1v) is 14.3. The minimum atomic E-state index is -5.63. The highest BCUT2D eigenvalue weighted by Gasteiger charge is 2.46. The summed E-state index contributed by atoms with van der Waals surface area (Å²) in [7, 11) is -11.1. The topological polar surface area (TPSA) is 290 Å². The SMILES string of the molecule is Nc1nc2c(ncn2[C@@H]2O[C@H](CSP(=O)(O)OP(=O)(O)OP(=O)(O)O)C(O)C2O)c(=O)[nH]1. The average Bonchev–Trinajstić information content (AvgIpc) is 3.12. The molecule has 0 aromatic carbocycles. The Morgan fingerprint density at radius 2 is 1.84 bits per heavy atom. The molecule has 0 aliphatic carbocycles. The molecular weight excluding hydrogens is 523 g/mol. The predicted molar refractivity (Wildman–Crippen MR) is 105 cm³/mol. The molecule has 1 aliphatic rings. The van der Waals surface area contributed by atoms with Crippen LogP contribution in [0.5, 0.6) is 0 Å². The van der Waals surface area contributed by atoms with Gasteiger partial charge in [-0.05, 0) is 11.4 Å². The molecule has 180 valence electrons. The van der Waals surface area contributed by atoms with Gasteiger partial charge in [-0.2, -0.15) is 13.6 Å². The van der Waals surface area contributed by atoms with Crippen LogP contribution in [-0.2, 0) is 27.1 Å². The lowest BCUT2D eigenvalue weighted by Gasteiger charge is -2.18. The second kappa shape index (κ2) is 8.88. The molecule has 2 aromatic heterocycles. The zero-order valence-corrected chi connectivity index (χ0v) is 18.8. The van der Waals surface area contributed by atoms with Crippen molar-refractivity contribution >= 4 is 50.9 Å². The van der Waals surface area contributed by atoms with Crippen molar-refractivity contribution in [2.24, 2.45) is 0 Å². The van der Waals surface area contributed by atoms with E-state index in [-0.39, 0.29) is 28.5 Å². The Balaban J connectivity index is 1.72. The lowest BCUT2D eigenvalue weighted by atomic mass is 10.1. The molecule has 0 bridgehead atoms. The van der Waals surface area contributed by atoms with Crippen LogP contribution >= 0.6 is 33.8 Å². The van der Waals surface area contributed by atoms with E-state index in [0.29, 0.717) is 0 Å². The molecule has 1 aliphatic heterocycles. The maximum absolute atomic E-state index is 12.0. The van der Waals surface area contributed by atoms with Crippen molar-refractivity contribution < 1.29 is 56.8 Å². The Bertz CT molecular complexity index is 1210. The van der Waals surface area contributed by atoms with Crippen molar-refractivity contribution in [3.8, 4) is 0 Å². The van der Waals surface area contributed by atoms with Gasteiger partial charge in [0.15, 0.2) is 17.4 Å². The largest absolute Gasteiger partial charge is 0.488 e. The van der Waals surface area contributed by atoms with Gasteiger partial charge in [-0.15, -0.1) is 0 Å². The van der Waals surface area contributed by atoms with E-state index in [4.69, 9.17) is 20.3 Å². The number of hydrogen-bond donors (Lipinski definition) is 8.